The summed E-state index contributed by atoms with van der Waals surface area (Å²) in [5, 5.41) is 0. The molecule has 0 saturated heterocycles. The van der Waals surface area contributed by atoms with Gasteiger partial charge in [0.15, 0.2) is 0 Å². The van der Waals surface area contributed by atoms with Crippen LogP contribution in [0.4, 0.5) is 0 Å². The van der Waals surface area contributed by atoms with Gasteiger partial charge < -0.3 is 0 Å². The molecule has 0 saturated carbocycles. The van der Waals surface area contributed by atoms with Crippen molar-refractivity contribution in [2.75, 3.05) is 0 Å². The first-order valence-electron chi connectivity index (χ1n) is 17.1. The van der Waals surface area contributed by atoms with Gasteiger partial charge in [-0.3, -0.25) is 0 Å². The summed E-state index contributed by atoms with van der Waals surface area (Å²) in [5.74, 6) is 0. The van der Waals surface area contributed by atoms with E-state index < -0.39 is 0 Å². The van der Waals surface area contributed by atoms with Crippen LogP contribution in [0.25, 0.3) is 77.9 Å². The highest BCUT2D eigenvalue weighted by Crippen LogP contribution is 2.50. The van der Waals surface area contributed by atoms with Gasteiger partial charge in [0.1, 0.15) is 0 Å². The largest absolute Gasteiger partial charge is 0.0622 e. The Morgan fingerprint density at radius 2 is 0.612 bits per heavy atom. The predicted molar refractivity (Wildman–Crippen MR) is 207 cm³/mol. The summed E-state index contributed by atoms with van der Waals surface area (Å²) in [6.07, 6.45) is 0.920. The Hall–Kier alpha value is -6.24. The molecule has 0 nitrogen and oxygen atoms in total. The van der Waals surface area contributed by atoms with Gasteiger partial charge in [0, 0.05) is 0 Å². The SMILES string of the molecule is c1ccc(-c2ccc(-c3cc4c(c(-c5ccc(-c6ccccc6)cc5)c3-c3ccc(-c5ccccc5)cc3)Cc3ccccc3-4)cc2)cc1. The van der Waals surface area contributed by atoms with E-state index in [4.69, 9.17) is 0 Å². The van der Waals surface area contributed by atoms with Gasteiger partial charge in [-0.2, -0.15) is 0 Å². The Morgan fingerprint density at radius 3 is 1.10 bits per heavy atom. The van der Waals surface area contributed by atoms with Gasteiger partial charge in [0.25, 0.3) is 0 Å². The van der Waals surface area contributed by atoms with Gasteiger partial charge in [-0.15, -0.1) is 0 Å². The normalized spacial score (nSPS) is 11.6. The summed E-state index contributed by atoms with van der Waals surface area (Å²) in [4.78, 5) is 0. The first-order valence-corrected chi connectivity index (χ1v) is 17.1. The summed E-state index contributed by atoms with van der Waals surface area (Å²) in [7, 11) is 0. The predicted octanol–water partition coefficient (Wildman–Crippen LogP) is 13.3. The lowest BCUT2D eigenvalue weighted by Crippen LogP contribution is -1.97. The van der Waals surface area contributed by atoms with Crippen LogP contribution in [0.3, 0.4) is 0 Å². The molecule has 0 fully saturated rings. The molecule has 0 aliphatic heterocycles. The van der Waals surface area contributed by atoms with Gasteiger partial charge in [-0.25, -0.2) is 0 Å². The first kappa shape index (κ1) is 28.9. The maximum absolute atomic E-state index is 2.46. The van der Waals surface area contributed by atoms with Gasteiger partial charge in [-0.05, 0) is 102 Å². The quantitative estimate of drug-likeness (QED) is 0.173. The van der Waals surface area contributed by atoms with E-state index in [0.29, 0.717) is 0 Å². The monoisotopic (exact) mass is 622 g/mol. The summed E-state index contributed by atoms with van der Waals surface area (Å²) in [6.45, 7) is 0. The Morgan fingerprint density at radius 1 is 0.245 bits per heavy atom. The van der Waals surface area contributed by atoms with Crippen LogP contribution in [-0.4, -0.2) is 0 Å². The molecule has 9 rings (SSSR count). The molecule has 8 aromatic carbocycles. The van der Waals surface area contributed by atoms with Crippen molar-refractivity contribution in [3.63, 3.8) is 0 Å². The Labute approximate surface area is 288 Å². The fraction of sp³-hybridized carbons (Fsp3) is 0.0204. The zero-order valence-corrected chi connectivity index (χ0v) is 27.2. The van der Waals surface area contributed by atoms with Crippen LogP contribution >= 0.6 is 0 Å². The van der Waals surface area contributed by atoms with E-state index in [2.05, 4.69) is 194 Å². The number of hydrogen-bond donors (Lipinski definition) is 0. The molecule has 1 aliphatic rings. The highest BCUT2D eigenvalue weighted by Gasteiger charge is 2.27. The number of hydrogen-bond acceptors (Lipinski definition) is 0. The van der Waals surface area contributed by atoms with E-state index in [-0.39, 0.29) is 0 Å². The molecule has 8 aromatic rings. The molecule has 0 N–H and O–H groups in total. The highest BCUT2D eigenvalue weighted by molar-refractivity contribution is 6.02. The molecule has 0 radical (unpaired) electrons. The van der Waals surface area contributed by atoms with Crippen LogP contribution in [-0.2, 0) is 6.42 Å². The molecule has 0 bridgehead atoms. The lowest BCUT2D eigenvalue weighted by molar-refractivity contribution is 1.26. The first-order chi connectivity index (χ1) is 24.3. The van der Waals surface area contributed by atoms with E-state index >= 15 is 0 Å². The number of rotatable bonds is 6. The third-order valence-corrected chi connectivity index (χ3v) is 9.97. The van der Waals surface area contributed by atoms with Crippen molar-refractivity contribution in [2.24, 2.45) is 0 Å². The van der Waals surface area contributed by atoms with Crippen molar-refractivity contribution in [3.05, 3.63) is 205 Å². The molecule has 0 heteroatoms. The molecule has 0 aromatic heterocycles. The van der Waals surface area contributed by atoms with Crippen molar-refractivity contribution in [1.29, 1.82) is 0 Å². The van der Waals surface area contributed by atoms with E-state index in [1.807, 2.05) is 0 Å². The fourth-order valence-electron chi connectivity index (χ4n) is 7.51. The van der Waals surface area contributed by atoms with Crippen LogP contribution in [0.15, 0.2) is 194 Å². The van der Waals surface area contributed by atoms with Crippen molar-refractivity contribution in [3.8, 4) is 77.9 Å². The van der Waals surface area contributed by atoms with Crippen molar-refractivity contribution < 1.29 is 0 Å². The molecule has 0 atom stereocenters. The van der Waals surface area contributed by atoms with E-state index in [9.17, 15) is 0 Å². The van der Waals surface area contributed by atoms with Gasteiger partial charge in [0.05, 0.1) is 0 Å². The molecule has 1 aliphatic carbocycles. The molecular formula is C49H34. The zero-order valence-electron chi connectivity index (χ0n) is 27.2. The fourth-order valence-corrected chi connectivity index (χ4v) is 7.51. The second-order valence-electron chi connectivity index (χ2n) is 12.9. The van der Waals surface area contributed by atoms with Crippen molar-refractivity contribution >= 4 is 0 Å². The molecule has 230 valence electrons. The summed E-state index contributed by atoms with van der Waals surface area (Å²) in [5.41, 5.74) is 20.4. The van der Waals surface area contributed by atoms with Crippen LogP contribution < -0.4 is 0 Å². The lowest BCUT2D eigenvalue weighted by atomic mass is 9.81. The number of fused-ring (bicyclic) bond motifs is 3. The van der Waals surface area contributed by atoms with E-state index in [1.54, 1.807) is 0 Å². The Bertz CT molecular complexity index is 2380. The molecule has 0 spiro atoms. The highest BCUT2D eigenvalue weighted by atomic mass is 14.3. The second-order valence-corrected chi connectivity index (χ2v) is 12.9. The third-order valence-electron chi connectivity index (χ3n) is 9.97. The summed E-state index contributed by atoms with van der Waals surface area (Å²) in [6, 6.07) is 70.9. The standard InChI is InChI=1S/C49H34/c1-4-12-34(13-5-1)37-20-26-40(27-21-37)45-33-46-44-19-11-10-18-43(44)32-47(46)49(42-30-24-39(25-31-42)36-16-8-3-9-17-36)48(45)41-28-22-38(23-29-41)35-14-6-2-7-15-35/h1-31,33H,32H2. The van der Waals surface area contributed by atoms with E-state index in [0.717, 1.165) is 6.42 Å². The zero-order chi connectivity index (χ0) is 32.6. The van der Waals surface area contributed by atoms with Gasteiger partial charge in [-0.1, -0.05) is 188 Å². The minimum atomic E-state index is 0.920. The average molecular weight is 623 g/mol. The van der Waals surface area contributed by atoms with Crippen LogP contribution in [0.1, 0.15) is 11.1 Å². The Kier molecular flexibility index (Phi) is 7.33. The molecular weight excluding hydrogens is 589 g/mol. The lowest BCUT2D eigenvalue weighted by Gasteiger charge is -2.22. The van der Waals surface area contributed by atoms with Crippen LogP contribution in [0.5, 0.6) is 0 Å². The molecule has 0 heterocycles. The smallest absolute Gasteiger partial charge is 0.000705 e. The molecule has 0 amide bonds. The van der Waals surface area contributed by atoms with Crippen LogP contribution in [0.2, 0.25) is 0 Å². The maximum atomic E-state index is 2.46. The molecule has 0 unspecified atom stereocenters. The second kappa shape index (κ2) is 12.4. The minimum Gasteiger partial charge on any atom is -0.0622 e. The van der Waals surface area contributed by atoms with Gasteiger partial charge in [0.2, 0.25) is 0 Å². The van der Waals surface area contributed by atoms with E-state index in [1.165, 1.54) is 89.0 Å². The average Bonchev–Trinajstić information content (AvgIpc) is 3.57. The van der Waals surface area contributed by atoms with Crippen molar-refractivity contribution in [1.82, 2.24) is 0 Å². The Balaban J connectivity index is 1.28. The third kappa shape index (κ3) is 5.38. The maximum Gasteiger partial charge on any atom is -0.000705 e. The number of benzene rings is 8. The molecule has 49 heavy (non-hydrogen) atoms. The van der Waals surface area contributed by atoms with Gasteiger partial charge >= 0.3 is 0 Å². The topological polar surface area (TPSA) is 0 Å². The summed E-state index contributed by atoms with van der Waals surface area (Å²) < 4.78 is 0. The van der Waals surface area contributed by atoms with Crippen molar-refractivity contribution in [2.45, 2.75) is 6.42 Å². The summed E-state index contributed by atoms with van der Waals surface area (Å²) >= 11 is 0. The van der Waals surface area contributed by atoms with Crippen LogP contribution in [0, 0.1) is 0 Å². The minimum absolute atomic E-state index is 0.920.